The monoisotopic (exact) mass is 1240 g/mol. The molecule has 12 rings (SSSR count). The van der Waals surface area contributed by atoms with Crippen molar-refractivity contribution in [2.24, 2.45) is 0 Å². The smallest absolute Gasteiger partial charge is 0.220 e. The molecule has 91 heavy (non-hydrogen) atoms. The standard InChI is InChI=1S/C30H43FN6.C22H27FN6.C18H19FN6/c1-2-3-4-5-6-7-8-9-10-11-20-36-21-17-26(18-22-36)37-23-34-28(24-12-14-25(31)15-13-24)29(37)27-16-19-33-30(32)35-27;1-2-3-12-28-13-9-18(10-14-28)29-15-26-20(16-4-6-17(23)7-5-16)21(29)19-8-11-25-22(24)27-19;19-13-3-1-12(2-4-13)16-17(15-7-10-22-18(20)24-15)25(11-23-16)14-5-8-21-9-6-14/h12-16,19,23,26H,2-11,17-18,20-22H2,1H3,(H2,32,33,35);4-8,11,15,18H,2-3,9-10,12-14H2,1H3,(H2,24,25,27);1-4,7,10-11,14,21H,5-6,8-9H2,(H2,20,22,24). The zero-order chi connectivity index (χ0) is 63.3. The van der Waals surface area contributed by atoms with Crippen LogP contribution in [0.4, 0.5) is 31.0 Å². The van der Waals surface area contributed by atoms with Gasteiger partial charge in [-0.1, -0.05) is 78.1 Å². The molecule has 3 aliphatic rings. The van der Waals surface area contributed by atoms with E-state index in [-0.39, 0.29) is 35.3 Å². The predicted octanol–water partition coefficient (Wildman–Crippen LogP) is 14.1. The summed E-state index contributed by atoms with van der Waals surface area (Å²) in [4.78, 5) is 44.6. The van der Waals surface area contributed by atoms with Gasteiger partial charge < -0.3 is 46.0 Å². The summed E-state index contributed by atoms with van der Waals surface area (Å²) >= 11 is 0. The number of benzene rings is 3. The van der Waals surface area contributed by atoms with Gasteiger partial charge in [0.05, 0.1) is 70.2 Å². The van der Waals surface area contributed by atoms with Gasteiger partial charge in [0.25, 0.3) is 0 Å². The van der Waals surface area contributed by atoms with Gasteiger partial charge in [-0.2, -0.15) is 0 Å². The summed E-state index contributed by atoms with van der Waals surface area (Å²) in [6.07, 6.45) is 33.2. The molecule has 3 aromatic carbocycles. The molecule has 7 N–H and O–H groups in total. The Morgan fingerprint density at radius 1 is 0.385 bits per heavy atom. The molecule has 3 fully saturated rings. The molecule has 0 unspecified atom stereocenters. The number of hydrogen-bond donors (Lipinski definition) is 4. The lowest BCUT2D eigenvalue weighted by atomic mass is 10.0. The summed E-state index contributed by atoms with van der Waals surface area (Å²) in [7, 11) is 0. The van der Waals surface area contributed by atoms with E-state index in [1.807, 2.05) is 37.2 Å². The third-order valence-electron chi connectivity index (χ3n) is 17.7. The number of imidazole rings is 3. The van der Waals surface area contributed by atoms with Crippen LogP contribution in [0, 0.1) is 17.5 Å². The van der Waals surface area contributed by atoms with E-state index in [2.05, 4.69) is 77.6 Å². The second kappa shape index (κ2) is 33.1. The number of halogens is 3. The van der Waals surface area contributed by atoms with Gasteiger partial charge >= 0.3 is 0 Å². The summed E-state index contributed by atoms with van der Waals surface area (Å²) in [6, 6.07) is 25.8. The molecule has 480 valence electrons. The maximum atomic E-state index is 13.6. The van der Waals surface area contributed by atoms with Crippen molar-refractivity contribution in [3.63, 3.8) is 0 Å². The minimum Gasteiger partial charge on any atom is -0.368 e. The van der Waals surface area contributed by atoms with Crippen LogP contribution in [0.5, 0.6) is 0 Å². The van der Waals surface area contributed by atoms with Crippen LogP contribution in [0.1, 0.15) is 148 Å². The lowest BCUT2D eigenvalue weighted by molar-refractivity contribution is 0.184. The fourth-order valence-electron chi connectivity index (χ4n) is 12.8. The maximum Gasteiger partial charge on any atom is 0.220 e. The van der Waals surface area contributed by atoms with E-state index >= 15 is 0 Å². The van der Waals surface area contributed by atoms with Gasteiger partial charge in [0.1, 0.15) is 17.5 Å². The molecule has 6 aromatic heterocycles. The van der Waals surface area contributed by atoms with Gasteiger partial charge in [-0.15, -0.1) is 0 Å². The van der Waals surface area contributed by atoms with Crippen LogP contribution in [0.3, 0.4) is 0 Å². The van der Waals surface area contributed by atoms with Crippen LogP contribution in [0.15, 0.2) is 129 Å². The number of hydrogen-bond acceptors (Lipinski definition) is 15. The van der Waals surface area contributed by atoms with E-state index in [9.17, 15) is 13.2 Å². The average molecular weight is 1240 g/mol. The van der Waals surface area contributed by atoms with Crippen LogP contribution in [-0.2, 0) is 0 Å². The van der Waals surface area contributed by atoms with Crippen LogP contribution in [-0.4, -0.2) is 121 Å². The molecule has 9 aromatic rings. The van der Waals surface area contributed by atoms with Crippen molar-refractivity contribution >= 4 is 17.8 Å². The highest BCUT2D eigenvalue weighted by molar-refractivity contribution is 5.79. The summed E-state index contributed by atoms with van der Waals surface area (Å²) in [5, 5.41) is 3.38. The Morgan fingerprint density at radius 2 is 0.692 bits per heavy atom. The molecular weight excluding hydrogens is 1150 g/mol. The Morgan fingerprint density at radius 3 is 1.02 bits per heavy atom. The van der Waals surface area contributed by atoms with Crippen molar-refractivity contribution in [2.75, 3.05) is 69.6 Å². The highest BCUT2D eigenvalue weighted by atomic mass is 19.1. The van der Waals surface area contributed by atoms with Gasteiger partial charge in [0.15, 0.2) is 0 Å². The van der Waals surface area contributed by atoms with Crippen LogP contribution >= 0.6 is 0 Å². The lowest BCUT2D eigenvalue weighted by Gasteiger charge is -2.33. The first kappa shape index (κ1) is 65.5. The number of nitrogen functional groups attached to an aromatic ring is 3. The number of anilines is 3. The topological polar surface area (TPSA) is 227 Å². The van der Waals surface area contributed by atoms with Gasteiger partial charge in [0.2, 0.25) is 17.8 Å². The number of unbranched alkanes of at least 4 members (excludes halogenated alkanes) is 10. The van der Waals surface area contributed by atoms with Crippen molar-refractivity contribution in [3.8, 4) is 67.9 Å². The van der Waals surface area contributed by atoms with Gasteiger partial charge in [0, 0.05) is 79.6 Å². The van der Waals surface area contributed by atoms with Crippen molar-refractivity contribution in [1.82, 2.24) is 73.7 Å². The number of nitrogens with one attached hydrogen (secondary N) is 1. The van der Waals surface area contributed by atoms with Gasteiger partial charge in [-0.3, -0.25) is 0 Å². The quantitative estimate of drug-likeness (QED) is 0.0437. The largest absolute Gasteiger partial charge is 0.368 e. The third-order valence-corrected chi connectivity index (χ3v) is 17.7. The van der Waals surface area contributed by atoms with E-state index < -0.39 is 0 Å². The van der Waals surface area contributed by atoms with Gasteiger partial charge in [-0.25, -0.2) is 58.0 Å². The van der Waals surface area contributed by atoms with Crippen molar-refractivity contribution in [1.29, 1.82) is 0 Å². The van der Waals surface area contributed by atoms with E-state index in [1.165, 1.54) is 127 Å². The summed E-state index contributed by atoms with van der Waals surface area (Å²) in [5.41, 5.74) is 27.5. The zero-order valence-electron chi connectivity index (χ0n) is 52.9. The Bertz CT molecular complexity index is 3640. The van der Waals surface area contributed by atoms with E-state index in [0.29, 0.717) is 18.1 Å². The molecule has 0 atom stereocenters. The Balaban J connectivity index is 0.000000153. The highest BCUT2D eigenvalue weighted by Crippen LogP contribution is 2.39. The number of nitrogens with two attached hydrogens (primary N) is 3. The number of piperidine rings is 3. The Kier molecular flexibility index (Phi) is 23.8. The molecule has 18 nitrogen and oxygen atoms in total. The van der Waals surface area contributed by atoms with E-state index in [4.69, 9.17) is 27.2 Å². The molecule has 3 saturated heterocycles. The van der Waals surface area contributed by atoms with Crippen LogP contribution < -0.4 is 22.5 Å². The SMILES string of the molecule is CCCCCCCCCCCCN1CCC(n2cnc(-c3ccc(F)cc3)c2-c2ccnc(N)n2)CC1.CCCCN1CCC(n2cnc(-c3ccc(F)cc3)c2-c2ccnc(N)n2)CC1.Nc1nccc(-c2c(-c3ccc(F)cc3)ncn2C2CCNCC2)n1. The minimum absolute atomic E-state index is 0.223. The molecule has 0 aliphatic carbocycles. The molecule has 3 aliphatic heterocycles. The number of nitrogens with zero attached hydrogens (tertiary/aromatic N) is 14. The fourth-order valence-corrected chi connectivity index (χ4v) is 12.8. The Hall–Kier alpha value is -8.40. The molecule has 0 spiro atoms. The average Bonchev–Trinajstić information content (AvgIpc) is 1.83. The first-order valence-corrected chi connectivity index (χ1v) is 32.9. The number of likely N-dealkylation sites (tertiary alicyclic amines) is 2. The molecule has 9 heterocycles. The van der Waals surface area contributed by atoms with Crippen molar-refractivity contribution < 1.29 is 13.2 Å². The summed E-state index contributed by atoms with van der Waals surface area (Å²) in [5.74, 6) is -0.0995. The van der Waals surface area contributed by atoms with E-state index in [1.54, 1.807) is 55.0 Å². The highest BCUT2D eigenvalue weighted by Gasteiger charge is 2.29. The fraction of sp³-hybridized carbons (Fsp3) is 0.443. The zero-order valence-corrected chi connectivity index (χ0v) is 52.9. The maximum absolute atomic E-state index is 13.6. The number of rotatable bonds is 23. The number of aromatic nitrogens is 12. The van der Waals surface area contributed by atoms with Crippen molar-refractivity contribution in [3.05, 3.63) is 146 Å². The normalized spacial score (nSPS) is 15.3. The molecule has 0 radical (unpaired) electrons. The molecule has 0 saturated carbocycles. The van der Waals surface area contributed by atoms with Crippen LogP contribution in [0.2, 0.25) is 0 Å². The first-order valence-electron chi connectivity index (χ1n) is 32.9. The van der Waals surface area contributed by atoms with E-state index in [0.717, 1.165) is 146 Å². The predicted molar refractivity (Wildman–Crippen MR) is 356 cm³/mol. The lowest BCUT2D eigenvalue weighted by Crippen LogP contribution is -2.35. The summed E-state index contributed by atoms with van der Waals surface area (Å²) < 4.78 is 46.9. The second-order valence-corrected chi connectivity index (χ2v) is 24.1. The van der Waals surface area contributed by atoms with Gasteiger partial charge in [-0.05, 0) is 169 Å². The summed E-state index contributed by atoms with van der Waals surface area (Å²) in [6.45, 7) is 13.2. The molecular formula is C70H89F3N18. The van der Waals surface area contributed by atoms with Crippen LogP contribution in [0.25, 0.3) is 67.9 Å². The second-order valence-electron chi connectivity index (χ2n) is 24.1. The minimum atomic E-state index is -0.269. The first-order chi connectivity index (χ1) is 44.5. The van der Waals surface area contributed by atoms with Crippen molar-refractivity contribution in [2.45, 2.75) is 148 Å². The Labute approximate surface area is 533 Å². The third kappa shape index (κ3) is 17.8. The molecule has 21 heteroatoms. The molecule has 0 amide bonds. The molecule has 0 bridgehead atoms.